The molecule has 0 amide bonds. The second-order valence-electron chi connectivity index (χ2n) is 5.25. The average molecular weight is 296 g/mol. The summed E-state index contributed by atoms with van der Waals surface area (Å²) in [5.74, 6) is 0.535. The average Bonchev–Trinajstić information content (AvgIpc) is 2.45. The van der Waals surface area contributed by atoms with Crippen LogP contribution in [-0.4, -0.2) is 39.6 Å². The van der Waals surface area contributed by atoms with E-state index in [1.807, 2.05) is 0 Å². The van der Waals surface area contributed by atoms with Crippen LogP contribution >= 0.6 is 0 Å². The van der Waals surface area contributed by atoms with Crippen molar-refractivity contribution in [1.82, 2.24) is 5.32 Å². The van der Waals surface area contributed by atoms with Crippen molar-refractivity contribution in [3.05, 3.63) is 29.8 Å². The van der Waals surface area contributed by atoms with E-state index < -0.39 is 9.84 Å². The SMILES string of the molecule is CCNC(CC)c1ccc(N2CCS(=O)(=O)CC2)cc1. The standard InChI is InChI=1S/C15H24N2O2S/c1-3-15(16-4-2)13-5-7-14(8-6-13)17-9-11-20(18,19)12-10-17/h5-8,15-16H,3-4,9-12H2,1-2H3. The maximum atomic E-state index is 11.4. The van der Waals surface area contributed by atoms with Gasteiger partial charge in [0.2, 0.25) is 0 Å². The highest BCUT2D eigenvalue weighted by Crippen LogP contribution is 2.22. The summed E-state index contributed by atoms with van der Waals surface area (Å²) in [7, 11) is -2.81. The van der Waals surface area contributed by atoms with Crippen molar-refractivity contribution in [3.8, 4) is 0 Å². The molecule has 20 heavy (non-hydrogen) atoms. The molecule has 2 rings (SSSR count). The lowest BCUT2D eigenvalue weighted by molar-refractivity contribution is 0.537. The van der Waals surface area contributed by atoms with Gasteiger partial charge in [0, 0.05) is 24.8 Å². The van der Waals surface area contributed by atoms with E-state index in [0.717, 1.165) is 18.7 Å². The number of hydrogen-bond acceptors (Lipinski definition) is 4. The van der Waals surface area contributed by atoms with Crippen LogP contribution in [0, 0.1) is 0 Å². The van der Waals surface area contributed by atoms with Crippen LogP contribution in [0.25, 0.3) is 0 Å². The third-order valence-electron chi connectivity index (χ3n) is 3.86. The molecule has 1 aromatic carbocycles. The largest absolute Gasteiger partial charge is 0.369 e. The lowest BCUT2D eigenvalue weighted by Crippen LogP contribution is -2.40. The smallest absolute Gasteiger partial charge is 0.153 e. The first-order valence-corrected chi connectivity index (χ1v) is 9.16. The van der Waals surface area contributed by atoms with Crippen molar-refractivity contribution in [2.45, 2.75) is 26.3 Å². The van der Waals surface area contributed by atoms with Gasteiger partial charge in [0.05, 0.1) is 11.5 Å². The number of nitrogens with zero attached hydrogens (tertiary/aromatic N) is 1. The number of anilines is 1. The van der Waals surface area contributed by atoms with Crippen LogP contribution < -0.4 is 10.2 Å². The monoisotopic (exact) mass is 296 g/mol. The molecule has 0 saturated carbocycles. The summed E-state index contributed by atoms with van der Waals surface area (Å²) in [5.41, 5.74) is 2.41. The fourth-order valence-corrected chi connectivity index (χ4v) is 3.83. The van der Waals surface area contributed by atoms with Crippen LogP contribution in [0.4, 0.5) is 5.69 Å². The molecule has 1 saturated heterocycles. The molecule has 0 aliphatic carbocycles. The predicted octanol–water partition coefficient (Wildman–Crippen LogP) is 1.98. The summed E-state index contributed by atoms with van der Waals surface area (Å²) in [6.07, 6.45) is 1.06. The summed E-state index contributed by atoms with van der Waals surface area (Å²) in [4.78, 5) is 2.15. The van der Waals surface area contributed by atoms with Crippen LogP contribution in [-0.2, 0) is 9.84 Å². The van der Waals surface area contributed by atoms with Gasteiger partial charge >= 0.3 is 0 Å². The zero-order valence-corrected chi connectivity index (χ0v) is 13.1. The first-order chi connectivity index (χ1) is 9.55. The number of benzene rings is 1. The number of nitrogens with one attached hydrogen (secondary N) is 1. The molecular weight excluding hydrogens is 272 g/mol. The van der Waals surface area contributed by atoms with Crippen molar-refractivity contribution >= 4 is 15.5 Å². The maximum Gasteiger partial charge on any atom is 0.153 e. The van der Waals surface area contributed by atoms with E-state index in [1.54, 1.807) is 0 Å². The molecule has 4 nitrogen and oxygen atoms in total. The van der Waals surface area contributed by atoms with Crippen LogP contribution in [0.2, 0.25) is 0 Å². The highest BCUT2D eigenvalue weighted by Gasteiger charge is 2.21. The molecule has 1 heterocycles. The van der Waals surface area contributed by atoms with E-state index >= 15 is 0 Å². The van der Waals surface area contributed by atoms with Gasteiger partial charge in [0.1, 0.15) is 0 Å². The van der Waals surface area contributed by atoms with Gasteiger partial charge in [0.25, 0.3) is 0 Å². The summed E-state index contributed by atoms with van der Waals surface area (Å²) < 4.78 is 22.9. The number of rotatable bonds is 5. The molecule has 1 aromatic rings. The third-order valence-corrected chi connectivity index (χ3v) is 5.47. The molecule has 1 aliphatic heterocycles. The Morgan fingerprint density at radius 2 is 1.75 bits per heavy atom. The van der Waals surface area contributed by atoms with E-state index in [1.165, 1.54) is 5.56 Å². The molecular formula is C15H24N2O2S. The van der Waals surface area contributed by atoms with Crippen molar-refractivity contribution in [1.29, 1.82) is 0 Å². The van der Waals surface area contributed by atoms with E-state index in [4.69, 9.17) is 0 Å². The van der Waals surface area contributed by atoms with Crippen LogP contribution in [0.15, 0.2) is 24.3 Å². The second kappa shape index (κ2) is 6.59. The third kappa shape index (κ3) is 3.73. The molecule has 1 fully saturated rings. The first kappa shape index (κ1) is 15.3. The Labute approximate surface area is 122 Å². The number of hydrogen-bond donors (Lipinski definition) is 1. The molecule has 1 N–H and O–H groups in total. The molecule has 0 radical (unpaired) electrons. The summed E-state index contributed by atoms with van der Waals surface area (Å²) in [6, 6.07) is 8.90. The van der Waals surface area contributed by atoms with E-state index in [0.29, 0.717) is 19.1 Å². The summed E-state index contributed by atoms with van der Waals surface area (Å²) in [5, 5.41) is 3.47. The van der Waals surface area contributed by atoms with E-state index in [-0.39, 0.29) is 11.5 Å². The topological polar surface area (TPSA) is 49.4 Å². The summed E-state index contributed by atoms with van der Waals surface area (Å²) >= 11 is 0. The molecule has 1 aliphatic rings. The zero-order valence-electron chi connectivity index (χ0n) is 12.3. The molecule has 1 atom stereocenters. The van der Waals surface area contributed by atoms with Gasteiger partial charge in [-0.2, -0.15) is 0 Å². The quantitative estimate of drug-likeness (QED) is 0.902. The van der Waals surface area contributed by atoms with Gasteiger partial charge < -0.3 is 10.2 Å². The molecule has 1 unspecified atom stereocenters. The van der Waals surface area contributed by atoms with Crippen molar-refractivity contribution in [2.24, 2.45) is 0 Å². The van der Waals surface area contributed by atoms with Crippen molar-refractivity contribution in [3.63, 3.8) is 0 Å². The Morgan fingerprint density at radius 1 is 1.15 bits per heavy atom. The molecule has 5 heteroatoms. The van der Waals surface area contributed by atoms with E-state index in [9.17, 15) is 8.42 Å². The molecule has 0 aromatic heterocycles. The fourth-order valence-electron chi connectivity index (χ4n) is 2.63. The van der Waals surface area contributed by atoms with Gasteiger partial charge in [-0.15, -0.1) is 0 Å². The lowest BCUT2D eigenvalue weighted by Gasteiger charge is -2.29. The Bertz CT molecular complexity index is 511. The van der Waals surface area contributed by atoms with Crippen LogP contribution in [0.1, 0.15) is 31.9 Å². The van der Waals surface area contributed by atoms with Gasteiger partial charge in [-0.3, -0.25) is 0 Å². The normalized spacial score (nSPS) is 19.8. The van der Waals surface area contributed by atoms with Gasteiger partial charge in [-0.05, 0) is 30.7 Å². The van der Waals surface area contributed by atoms with Gasteiger partial charge in [-0.1, -0.05) is 26.0 Å². The second-order valence-corrected chi connectivity index (χ2v) is 7.55. The minimum absolute atomic E-state index is 0.268. The minimum atomic E-state index is -2.81. The van der Waals surface area contributed by atoms with Crippen molar-refractivity contribution < 1.29 is 8.42 Å². The Hall–Kier alpha value is -1.07. The molecule has 112 valence electrons. The fraction of sp³-hybridized carbons (Fsp3) is 0.600. The van der Waals surface area contributed by atoms with Crippen molar-refractivity contribution in [2.75, 3.05) is 36.0 Å². The van der Waals surface area contributed by atoms with E-state index in [2.05, 4.69) is 48.3 Å². The first-order valence-electron chi connectivity index (χ1n) is 7.34. The molecule has 0 bridgehead atoms. The van der Waals surface area contributed by atoms with Gasteiger partial charge in [0.15, 0.2) is 9.84 Å². The summed E-state index contributed by atoms with van der Waals surface area (Å²) in [6.45, 7) is 6.46. The molecule has 0 spiro atoms. The zero-order chi connectivity index (χ0) is 14.6. The Kier molecular flexibility index (Phi) is 5.05. The predicted molar refractivity (Wildman–Crippen MR) is 84.0 cm³/mol. The highest BCUT2D eigenvalue weighted by molar-refractivity contribution is 7.91. The van der Waals surface area contributed by atoms with Crippen LogP contribution in [0.3, 0.4) is 0 Å². The van der Waals surface area contributed by atoms with Gasteiger partial charge in [-0.25, -0.2) is 8.42 Å². The highest BCUT2D eigenvalue weighted by atomic mass is 32.2. The minimum Gasteiger partial charge on any atom is -0.369 e. The number of sulfone groups is 1. The Balaban J connectivity index is 2.05. The lowest BCUT2D eigenvalue weighted by atomic mass is 10.0. The maximum absolute atomic E-state index is 11.4. The van der Waals surface area contributed by atoms with Crippen LogP contribution in [0.5, 0.6) is 0 Å². The Morgan fingerprint density at radius 3 is 2.25 bits per heavy atom.